The van der Waals surface area contributed by atoms with E-state index in [-0.39, 0.29) is 42.0 Å². The number of allylic oxidation sites excluding steroid dienone is 2. The molecule has 2 atom stereocenters. The Kier molecular flexibility index (Phi) is 7.38. The molecule has 2 aliphatic heterocycles. The van der Waals surface area contributed by atoms with Gasteiger partial charge in [-0.25, -0.2) is 0 Å². The van der Waals surface area contributed by atoms with Gasteiger partial charge in [0, 0.05) is 54.7 Å². The van der Waals surface area contributed by atoms with Crippen molar-refractivity contribution in [2.24, 2.45) is 17.8 Å². The van der Waals surface area contributed by atoms with Gasteiger partial charge in [-0.1, -0.05) is 24.6 Å². The van der Waals surface area contributed by atoms with Gasteiger partial charge in [-0.3, -0.25) is 14.4 Å². The summed E-state index contributed by atoms with van der Waals surface area (Å²) in [5.41, 5.74) is 2.50. The van der Waals surface area contributed by atoms with Crippen LogP contribution >= 0.6 is 11.6 Å². The van der Waals surface area contributed by atoms with Crippen LogP contribution in [0.3, 0.4) is 0 Å². The van der Waals surface area contributed by atoms with Gasteiger partial charge < -0.3 is 20.3 Å². The summed E-state index contributed by atoms with van der Waals surface area (Å²) in [6.07, 6.45) is 3.36. The van der Waals surface area contributed by atoms with Gasteiger partial charge in [0.15, 0.2) is 0 Å². The Morgan fingerprint density at radius 2 is 1.94 bits per heavy atom. The highest BCUT2D eigenvalue weighted by Gasteiger charge is 2.30. The predicted octanol–water partition coefficient (Wildman–Crippen LogP) is 3.05. The molecule has 0 bridgehead atoms. The molecule has 7 nitrogen and oxygen atoms in total. The number of rotatable bonds is 5. The van der Waals surface area contributed by atoms with Crippen molar-refractivity contribution in [2.75, 3.05) is 31.7 Å². The molecule has 8 heteroatoms. The Morgan fingerprint density at radius 3 is 2.58 bits per heavy atom. The van der Waals surface area contributed by atoms with E-state index in [0.717, 1.165) is 5.70 Å². The molecule has 0 saturated carbocycles. The first-order valence-electron chi connectivity index (χ1n) is 10.6. The van der Waals surface area contributed by atoms with Gasteiger partial charge in [-0.15, -0.1) is 0 Å². The lowest BCUT2D eigenvalue weighted by Crippen LogP contribution is -2.44. The smallest absolute Gasteiger partial charge is 0.251 e. The first-order valence-corrected chi connectivity index (χ1v) is 11.0. The van der Waals surface area contributed by atoms with Crippen molar-refractivity contribution in [3.05, 3.63) is 40.1 Å². The van der Waals surface area contributed by atoms with Crippen molar-refractivity contribution in [3.8, 4) is 0 Å². The van der Waals surface area contributed by atoms with Crippen molar-refractivity contribution in [1.82, 2.24) is 10.6 Å². The van der Waals surface area contributed by atoms with E-state index in [1.807, 2.05) is 19.9 Å². The number of nitrogens with one attached hydrogen (secondary N) is 2. The summed E-state index contributed by atoms with van der Waals surface area (Å²) in [5, 5.41) is 6.05. The minimum absolute atomic E-state index is 0.00474. The first kappa shape index (κ1) is 23.3. The fraction of sp³-hybridized carbons (Fsp3) is 0.522. The standard InChI is InChI=1S/C23H30ClN3O4/c1-13-9-14(2)26-22(29)19(13)12-25-21(28)18-10-17(24)11-20(15(18)3)27(4)23(30)16-5-7-31-8-6-16/h9-11,13,16,19H,5-8,12H2,1-4H3,(H,25,28)(H,26,29). The molecule has 0 aromatic heterocycles. The third-order valence-electron chi connectivity index (χ3n) is 6.14. The zero-order valence-electron chi connectivity index (χ0n) is 18.5. The monoisotopic (exact) mass is 447 g/mol. The summed E-state index contributed by atoms with van der Waals surface area (Å²) < 4.78 is 5.35. The van der Waals surface area contributed by atoms with Crippen molar-refractivity contribution in [3.63, 3.8) is 0 Å². The van der Waals surface area contributed by atoms with Crippen molar-refractivity contribution in [2.45, 2.75) is 33.6 Å². The van der Waals surface area contributed by atoms with E-state index in [4.69, 9.17) is 16.3 Å². The van der Waals surface area contributed by atoms with Crippen LogP contribution in [-0.2, 0) is 14.3 Å². The second-order valence-corrected chi connectivity index (χ2v) is 8.83. The third kappa shape index (κ3) is 5.28. The molecule has 3 rings (SSSR count). The number of carbonyl (C=O) groups excluding carboxylic acids is 3. The Morgan fingerprint density at radius 1 is 1.26 bits per heavy atom. The normalized spacial score (nSPS) is 21.8. The van der Waals surface area contributed by atoms with Crippen molar-refractivity contribution < 1.29 is 19.1 Å². The van der Waals surface area contributed by atoms with Gasteiger partial charge in [0.25, 0.3) is 5.91 Å². The van der Waals surface area contributed by atoms with Gasteiger partial charge in [0.2, 0.25) is 11.8 Å². The molecular weight excluding hydrogens is 418 g/mol. The summed E-state index contributed by atoms with van der Waals surface area (Å²) in [6, 6.07) is 3.30. The van der Waals surface area contributed by atoms with Crippen LogP contribution < -0.4 is 15.5 Å². The van der Waals surface area contributed by atoms with Crippen LogP contribution in [0.25, 0.3) is 0 Å². The fourth-order valence-corrected chi connectivity index (χ4v) is 4.45. The Labute approximate surface area is 188 Å². The number of halogens is 1. The maximum absolute atomic E-state index is 13.0. The van der Waals surface area contributed by atoms with Crippen molar-refractivity contribution >= 4 is 35.0 Å². The molecular formula is C23H30ClN3O4. The van der Waals surface area contributed by atoms with E-state index in [2.05, 4.69) is 10.6 Å². The Balaban J connectivity index is 1.76. The minimum Gasteiger partial charge on any atom is -0.381 e. The quantitative estimate of drug-likeness (QED) is 0.726. The van der Waals surface area contributed by atoms with E-state index < -0.39 is 0 Å². The van der Waals surface area contributed by atoms with E-state index in [9.17, 15) is 14.4 Å². The average molecular weight is 448 g/mol. The molecule has 3 amide bonds. The molecule has 0 radical (unpaired) electrons. The number of nitrogens with zero attached hydrogens (tertiary/aromatic N) is 1. The van der Waals surface area contributed by atoms with Crippen LogP contribution in [0.5, 0.6) is 0 Å². The molecule has 31 heavy (non-hydrogen) atoms. The molecule has 1 aromatic carbocycles. The first-order chi connectivity index (χ1) is 14.7. The molecule has 0 spiro atoms. The van der Waals surface area contributed by atoms with E-state index in [0.29, 0.717) is 47.9 Å². The van der Waals surface area contributed by atoms with Crippen LogP contribution in [0, 0.1) is 24.7 Å². The maximum Gasteiger partial charge on any atom is 0.251 e. The summed E-state index contributed by atoms with van der Waals surface area (Å²) in [5.74, 6) is -0.845. The second-order valence-electron chi connectivity index (χ2n) is 8.40. The van der Waals surface area contributed by atoms with Crippen molar-refractivity contribution in [1.29, 1.82) is 0 Å². The summed E-state index contributed by atoms with van der Waals surface area (Å²) >= 11 is 6.30. The minimum atomic E-state index is -0.343. The van der Waals surface area contributed by atoms with E-state index >= 15 is 0 Å². The number of benzene rings is 1. The highest BCUT2D eigenvalue weighted by molar-refractivity contribution is 6.31. The summed E-state index contributed by atoms with van der Waals surface area (Å²) in [6.45, 7) is 6.98. The van der Waals surface area contributed by atoms with E-state index in [1.165, 1.54) is 0 Å². The van der Waals surface area contributed by atoms with Gasteiger partial charge in [0.05, 0.1) is 5.92 Å². The highest BCUT2D eigenvalue weighted by atomic mass is 35.5. The Bertz CT molecular complexity index is 908. The molecule has 1 aromatic rings. The zero-order chi connectivity index (χ0) is 22.7. The molecule has 0 aliphatic carbocycles. The number of hydrogen-bond donors (Lipinski definition) is 2. The zero-order valence-corrected chi connectivity index (χ0v) is 19.2. The maximum atomic E-state index is 13.0. The molecule has 2 aliphatic rings. The Hall–Kier alpha value is -2.38. The molecule has 168 valence electrons. The van der Waals surface area contributed by atoms with Gasteiger partial charge in [-0.2, -0.15) is 0 Å². The summed E-state index contributed by atoms with van der Waals surface area (Å²) in [7, 11) is 1.71. The topological polar surface area (TPSA) is 87.7 Å². The van der Waals surface area contributed by atoms with Gasteiger partial charge in [-0.05, 0) is 50.3 Å². The van der Waals surface area contributed by atoms with Gasteiger partial charge in [0.1, 0.15) is 0 Å². The number of hydrogen-bond acceptors (Lipinski definition) is 4. The SMILES string of the molecule is CC1=CC(C)C(CNC(=O)c2cc(Cl)cc(N(C)C(=O)C3CCOCC3)c2C)C(=O)N1. The molecule has 1 saturated heterocycles. The molecule has 2 heterocycles. The second kappa shape index (κ2) is 9.83. The number of anilines is 1. The largest absolute Gasteiger partial charge is 0.381 e. The predicted molar refractivity (Wildman–Crippen MR) is 120 cm³/mol. The lowest BCUT2D eigenvalue weighted by Gasteiger charge is -2.28. The fourth-order valence-electron chi connectivity index (χ4n) is 4.24. The van der Waals surface area contributed by atoms with Crippen LogP contribution in [0.1, 0.15) is 42.6 Å². The average Bonchev–Trinajstić information content (AvgIpc) is 2.73. The van der Waals surface area contributed by atoms with Crippen LogP contribution in [0.15, 0.2) is 23.9 Å². The number of amides is 3. The third-order valence-corrected chi connectivity index (χ3v) is 6.36. The van der Waals surface area contributed by atoms with Gasteiger partial charge >= 0.3 is 0 Å². The lowest BCUT2D eigenvalue weighted by atomic mass is 9.89. The molecule has 1 fully saturated rings. The highest BCUT2D eigenvalue weighted by Crippen LogP contribution is 2.30. The lowest BCUT2D eigenvalue weighted by molar-refractivity contribution is -0.126. The van der Waals surface area contributed by atoms with Crippen LogP contribution in [0.2, 0.25) is 5.02 Å². The number of carbonyl (C=O) groups is 3. The molecule has 2 N–H and O–H groups in total. The van der Waals surface area contributed by atoms with E-state index in [1.54, 1.807) is 31.0 Å². The van der Waals surface area contributed by atoms with Crippen LogP contribution in [-0.4, -0.2) is 44.5 Å². The molecule has 2 unspecified atom stereocenters. The van der Waals surface area contributed by atoms with Crippen LogP contribution in [0.4, 0.5) is 5.69 Å². The summed E-state index contributed by atoms with van der Waals surface area (Å²) in [4.78, 5) is 39.8. The number of ether oxygens (including phenoxy) is 1.